The van der Waals surface area contributed by atoms with Crippen LogP contribution in [0.3, 0.4) is 0 Å². The largest absolute Gasteiger partial charge is 0.257 e. The molecule has 0 aliphatic heterocycles. The molecule has 3 aliphatic carbocycles. The fraction of sp³-hybridized carbons (Fsp3) is 0.625. The van der Waals surface area contributed by atoms with E-state index >= 15 is 0 Å². The highest BCUT2D eigenvalue weighted by Crippen LogP contribution is 2.82. The maximum absolute atomic E-state index is 4.69. The number of hydrogen-bond donors (Lipinski definition) is 0. The molecule has 2 nitrogen and oxygen atoms in total. The number of nitrogens with zero attached hydrogens (tertiary/aromatic N) is 2. The lowest BCUT2D eigenvalue weighted by molar-refractivity contribution is 0.384. The van der Waals surface area contributed by atoms with E-state index in [4.69, 9.17) is 0 Å². The predicted molar refractivity (Wildman–Crippen MR) is 71.3 cm³/mol. The van der Waals surface area contributed by atoms with Crippen molar-refractivity contribution < 1.29 is 0 Å². The maximum Gasteiger partial charge on any atom is 0.0724 e. The Balaban J connectivity index is 1.87. The minimum Gasteiger partial charge on any atom is -0.257 e. The zero-order valence-corrected chi connectivity index (χ0v) is 11.2. The molecule has 0 saturated heterocycles. The summed E-state index contributed by atoms with van der Waals surface area (Å²) < 4.78 is 0. The summed E-state index contributed by atoms with van der Waals surface area (Å²) in [6.45, 7) is 4.59. The molecule has 1 fully saturated rings. The molecule has 1 saturated carbocycles. The smallest absolute Gasteiger partial charge is 0.0724 e. The van der Waals surface area contributed by atoms with Crippen LogP contribution in [0.4, 0.5) is 0 Å². The maximum atomic E-state index is 4.69. The van der Waals surface area contributed by atoms with Crippen molar-refractivity contribution in [3.05, 3.63) is 35.9 Å². The van der Waals surface area contributed by atoms with Crippen LogP contribution in [0, 0.1) is 11.3 Å². The molecule has 18 heavy (non-hydrogen) atoms. The van der Waals surface area contributed by atoms with E-state index in [1.54, 1.807) is 0 Å². The van der Waals surface area contributed by atoms with Gasteiger partial charge in [-0.25, -0.2) is 0 Å². The second kappa shape index (κ2) is 3.23. The van der Waals surface area contributed by atoms with Gasteiger partial charge in [0, 0.05) is 29.1 Å². The zero-order chi connectivity index (χ0) is 12.4. The van der Waals surface area contributed by atoms with Gasteiger partial charge in [0.05, 0.1) is 11.4 Å². The third-order valence-corrected chi connectivity index (χ3v) is 5.44. The molecular formula is C16H20N2. The Hall–Kier alpha value is -1.18. The molecule has 1 heterocycles. The van der Waals surface area contributed by atoms with Gasteiger partial charge in [-0.3, -0.25) is 9.97 Å². The van der Waals surface area contributed by atoms with E-state index in [2.05, 4.69) is 36.0 Å². The molecule has 4 atom stereocenters. The summed E-state index contributed by atoms with van der Waals surface area (Å²) in [6, 6.07) is 0. The lowest BCUT2D eigenvalue weighted by atomic mass is 9.78. The third-order valence-electron chi connectivity index (χ3n) is 5.44. The second-order valence-electron chi connectivity index (χ2n) is 6.23. The Morgan fingerprint density at radius 1 is 1.06 bits per heavy atom. The van der Waals surface area contributed by atoms with Crippen LogP contribution >= 0.6 is 0 Å². The van der Waals surface area contributed by atoms with Crippen LogP contribution in [0.15, 0.2) is 24.5 Å². The number of aromatic nitrogens is 2. The van der Waals surface area contributed by atoms with Gasteiger partial charge >= 0.3 is 0 Å². The summed E-state index contributed by atoms with van der Waals surface area (Å²) in [5, 5.41) is 0. The van der Waals surface area contributed by atoms with Crippen molar-refractivity contribution >= 4 is 0 Å². The van der Waals surface area contributed by atoms with Gasteiger partial charge < -0.3 is 0 Å². The molecule has 1 aromatic heterocycles. The summed E-state index contributed by atoms with van der Waals surface area (Å²) in [7, 11) is 0. The minimum absolute atomic E-state index is 0.234. The van der Waals surface area contributed by atoms with E-state index in [0.29, 0.717) is 11.3 Å². The molecule has 0 N–H and O–H groups in total. The van der Waals surface area contributed by atoms with Crippen LogP contribution in [0.25, 0.3) is 0 Å². The Labute approximate surface area is 109 Å². The highest BCUT2D eigenvalue weighted by Gasteiger charge is 2.78. The van der Waals surface area contributed by atoms with Gasteiger partial charge in [-0.1, -0.05) is 38.8 Å². The summed E-state index contributed by atoms with van der Waals surface area (Å²) in [5.41, 5.74) is 3.29. The van der Waals surface area contributed by atoms with Gasteiger partial charge in [-0.2, -0.15) is 0 Å². The molecule has 0 spiro atoms. The summed E-state index contributed by atoms with van der Waals surface area (Å²) in [6.07, 6.45) is 13.8. The van der Waals surface area contributed by atoms with Gasteiger partial charge in [0.25, 0.3) is 0 Å². The van der Waals surface area contributed by atoms with Gasteiger partial charge in [-0.05, 0) is 18.8 Å². The Bertz CT molecular complexity index is 536. The molecule has 0 bridgehead atoms. The van der Waals surface area contributed by atoms with Gasteiger partial charge in [0.1, 0.15) is 0 Å². The van der Waals surface area contributed by atoms with E-state index in [1.807, 2.05) is 12.4 Å². The van der Waals surface area contributed by atoms with E-state index < -0.39 is 0 Å². The number of rotatable bonds is 4. The highest BCUT2D eigenvalue weighted by atomic mass is 14.9. The number of allylic oxidation sites excluding steroid dienone is 2. The first-order valence-electron chi connectivity index (χ1n) is 7.32. The van der Waals surface area contributed by atoms with E-state index in [0.717, 1.165) is 5.92 Å². The van der Waals surface area contributed by atoms with Crippen molar-refractivity contribution in [3.8, 4) is 0 Å². The normalized spacial score (nSPS) is 41.9. The number of fused-ring (bicyclic) bond motifs is 4. The predicted octanol–water partition coefficient (Wildman–Crippen LogP) is 3.60. The van der Waals surface area contributed by atoms with Gasteiger partial charge in [-0.15, -0.1) is 0 Å². The molecule has 2 heteroatoms. The highest BCUT2D eigenvalue weighted by molar-refractivity contribution is 5.57. The van der Waals surface area contributed by atoms with Crippen molar-refractivity contribution in [1.29, 1.82) is 0 Å². The Morgan fingerprint density at radius 2 is 1.83 bits per heavy atom. The molecular weight excluding hydrogens is 220 g/mol. The van der Waals surface area contributed by atoms with Crippen molar-refractivity contribution in [3.63, 3.8) is 0 Å². The molecule has 0 radical (unpaired) electrons. The molecule has 94 valence electrons. The average molecular weight is 240 g/mol. The lowest BCUT2D eigenvalue weighted by Crippen LogP contribution is -2.25. The first-order chi connectivity index (χ1) is 8.80. The number of hydrogen-bond acceptors (Lipinski definition) is 2. The molecule has 0 amide bonds. The van der Waals surface area contributed by atoms with Gasteiger partial charge in [0.2, 0.25) is 0 Å². The Kier molecular flexibility index (Phi) is 1.92. The molecule has 4 rings (SSSR count). The topological polar surface area (TPSA) is 25.8 Å². The molecule has 4 unspecified atom stereocenters. The standard InChI is InChI=1S/C16H20N2/c1-3-5-15-7-8-16(6-4-2)13(15)11(15)12-14(16)18-10-9-17-12/h7-11,13H,3-6H2,1-2H3. The van der Waals surface area contributed by atoms with E-state index in [-0.39, 0.29) is 5.41 Å². The lowest BCUT2D eigenvalue weighted by Gasteiger charge is -2.27. The summed E-state index contributed by atoms with van der Waals surface area (Å²) in [5.74, 6) is 1.46. The third kappa shape index (κ3) is 0.942. The minimum atomic E-state index is 0.234. The molecule has 3 aliphatic rings. The van der Waals surface area contributed by atoms with Crippen LogP contribution in [0.2, 0.25) is 0 Å². The first-order valence-corrected chi connectivity index (χ1v) is 7.32. The van der Waals surface area contributed by atoms with Crippen molar-refractivity contribution in [2.45, 2.75) is 50.9 Å². The fourth-order valence-corrected chi connectivity index (χ4v) is 5.02. The van der Waals surface area contributed by atoms with Crippen LogP contribution < -0.4 is 0 Å². The van der Waals surface area contributed by atoms with Crippen LogP contribution in [-0.4, -0.2) is 9.97 Å². The SMILES string of the molecule is CCCC12C=CC3(CCC)C(c4nccnc41)C23. The van der Waals surface area contributed by atoms with Crippen molar-refractivity contribution in [2.24, 2.45) is 11.3 Å². The summed E-state index contributed by atoms with van der Waals surface area (Å²) in [4.78, 5) is 9.36. The van der Waals surface area contributed by atoms with E-state index in [1.165, 1.54) is 37.1 Å². The molecule has 0 aromatic carbocycles. The Morgan fingerprint density at radius 3 is 2.61 bits per heavy atom. The second-order valence-corrected chi connectivity index (χ2v) is 6.23. The molecule has 1 aromatic rings. The van der Waals surface area contributed by atoms with Gasteiger partial charge in [0.15, 0.2) is 0 Å². The van der Waals surface area contributed by atoms with Crippen molar-refractivity contribution in [1.82, 2.24) is 9.97 Å². The van der Waals surface area contributed by atoms with Crippen LogP contribution in [0.5, 0.6) is 0 Å². The van der Waals surface area contributed by atoms with Crippen LogP contribution in [0.1, 0.15) is 56.8 Å². The van der Waals surface area contributed by atoms with Crippen LogP contribution in [-0.2, 0) is 5.41 Å². The zero-order valence-electron chi connectivity index (χ0n) is 11.2. The van der Waals surface area contributed by atoms with E-state index in [9.17, 15) is 0 Å². The quantitative estimate of drug-likeness (QED) is 0.751. The summed E-state index contributed by atoms with van der Waals surface area (Å²) >= 11 is 0. The fourth-order valence-electron chi connectivity index (χ4n) is 5.02. The monoisotopic (exact) mass is 240 g/mol. The first kappa shape index (κ1) is 10.7. The van der Waals surface area contributed by atoms with Crippen molar-refractivity contribution in [2.75, 3.05) is 0 Å². The average Bonchev–Trinajstić information content (AvgIpc) is 2.83.